The largest absolute Gasteiger partial charge is 0.397 e. The van der Waals surface area contributed by atoms with E-state index < -0.39 is 15.6 Å². The van der Waals surface area contributed by atoms with Crippen LogP contribution in [0.15, 0.2) is 17.0 Å². The van der Waals surface area contributed by atoms with Crippen LogP contribution in [0.1, 0.15) is 37.8 Å². The number of nitrogen functional groups attached to an aromatic ring is 1. The van der Waals surface area contributed by atoms with Crippen LogP contribution in [0.25, 0.3) is 0 Å². The average Bonchev–Trinajstić information content (AvgIpc) is 3.05. The topological polar surface area (TPSA) is 72.2 Å². The molecule has 1 aromatic rings. The molecule has 106 valence electrons. The van der Waals surface area contributed by atoms with Gasteiger partial charge >= 0.3 is 0 Å². The Morgan fingerprint density at radius 2 is 1.74 bits per heavy atom. The lowest BCUT2D eigenvalue weighted by atomic mass is 10.0. The summed E-state index contributed by atoms with van der Waals surface area (Å²) in [6.07, 6.45) is 2.16. The van der Waals surface area contributed by atoms with E-state index in [0.717, 1.165) is 18.4 Å². The SMILES string of the molecule is Cc1ccc(C)c(S(=O)(=O)NC(C)(C)C2CC2)c1N. The number of rotatable bonds is 4. The first kappa shape index (κ1) is 14.3. The lowest BCUT2D eigenvalue weighted by Crippen LogP contribution is -2.45. The van der Waals surface area contributed by atoms with Crippen molar-refractivity contribution in [3.05, 3.63) is 23.3 Å². The standard InChI is InChI=1S/C14H22N2O2S/c1-9-5-6-10(2)13(12(9)15)19(17,18)16-14(3,4)11-7-8-11/h5-6,11,16H,7-8,15H2,1-4H3. The minimum Gasteiger partial charge on any atom is -0.397 e. The highest BCUT2D eigenvalue weighted by Crippen LogP contribution is 2.40. The van der Waals surface area contributed by atoms with Gasteiger partial charge in [-0.15, -0.1) is 0 Å². The molecule has 1 aromatic carbocycles. The van der Waals surface area contributed by atoms with Crippen LogP contribution < -0.4 is 10.5 Å². The summed E-state index contributed by atoms with van der Waals surface area (Å²) in [5.74, 6) is 0.425. The molecule has 4 nitrogen and oxygen atoms in total. The normalized spacial score (nSPS) is 16.6. The number of hydrogen-bond acceptors (Lipinski definition) is 3. The van der Waals surface area contributed by atoms with Gasteiger partial charge in [-0.3, -0.25) is 0 Å². The van der Waals surface area contributed by atoms with E-state index in [1.165, 1.54) is 0 Å². The third kappa shape index (κ3) is 2.77. The fraction of sp³-hybridized carbons (Fsp3) is 0.571. The molecular weight excluding hydrogens is 260 g/mol. The van der Waals surface area contributed by atoms with E-state index in [1.807, 2.05) is 26.8 Å². The maximum atomic E-state index is 12.6. The van der Waals surface area contributed by atoms with Gasteiger partial charge in [-0.2, -0.15) is 0 Å². The molecule has 0 spiro atoms. The highest BCUT2D eigenvalue weighted by atomic mass is 32.2. The highest BCUT2D eigenvalue weighted by Gasteiger charge is 2.41. The summed E-state index contributed by atoms with van der Waals surface area (Å²) in [7, 11) is -3.58. The molecule has 19 heavy (non-hydrogen) atoms. The lowest BCUT2D eigenvalue weighted by molar-refractivity contribution is 0.400. The van der Waals surface area contributed by atoms with Gasteiger partial charge in [0.1, 0.15) is 4.90 Å². The quantitative estimate of drug-likeness (QED) is 0.833. The van der Waals surface area contributed by atoms with Gasteiger partial charge in [-0.05, 0) is 57.6 Å². The zero-order valence-electron chi connectivity index (χ0n) is 11.9. The van der Waals surface area contributed by atoms with Crippen molar-refractivity contribution < 1.29 is 8.42 Å². The molecule has 0 aromatic heterocycles. The third-order valence-corrected chi connectivity index (χ3v) is 5.75. The van der Waals surface area contributed by atoms with Gasteiger partial charge in [0.05, 0.1) is 5.69 Å². The van der Waals surface area contributed by atoms with Crippen molar-refractivity contribution in [2.75, 3.05) is 5.73 Å². The van der Waals surface area contributed by atoms with E-state index >= 15 is 0 Å². The molecule has 0 amide bonds. The Labute approximate surface area is 115 Å². The van der Waals surface area contributed by atoms with Gasteiger partial charge in [-0.25, -0.2) is 13.1 Å². The van der Waals surface area contributed by atoms with Crippen molar-refractivity contribution in [1.29, 1.82) is 0 Å². The van der Waals surface area contributed by atoms with Crippen LogP contribution in [0.4, 0.5) is 5.69 Å². The molecule has 0 saturated heterocycles. The zero-order valence-corrected chi connectivity index (χ0v) is 12.8. The first-order chi connectivity index (χ1) is 8.65. The second-order valence-electron chi connectivity index (χ2n) is 6.04. The second kappa shape index (κ2) is 4.49. The minimum atomic E-state index is -3.58. The van der Waals surface area contributed by atoms with Gasteiger partial charge in [0.2, 0.25) is 10.0 Å². The van der Waals surface area contributed by atoms with E-state index in [4.69, 9.17) is 5.73 Å². The summed E-state index contributed by atoms with van der Waals surface area (Å²) in [6.45, 7) is 7.46. The lowest BCUT2D eigenvalue weighted by Gasteiger charge is -2.26. The van der Waals surface area contributed by atoms with Crippen LogP contribution in [0, 0.1) is 19.8 Å². The summed E-state index contributed by atoms with van der Waals surface area (Å²) in [5, 5.41) is 0. The predicted octanol–water partition coefficient (Wildman–Crippen LogP) is 2.35. The summed E-state index contributed by atoms with van der Waals surface area (Å²) in [6, 6.07) is 3.64. The number of nitrogens with one attached hydrogen (secondary N) is 1. The maximum Gasteiger partial charge on any atom is 0.243 e. The first-order valence-electron chi connectivity index (χ1n) is 6.55. The number of sulfonamides is 1. The smallest absolute Gasteiger partial charge is 0.243 e. The fourth-order valence-electron chi connectivity index (χ4n) is 2.45. The van der Waals surface area contributed by atoms with Gasteiger partial charge in [-0.1, -0.05) is 12.1 Å². The van der Waals surface area contributed by atoms with Crippen LogP contribution >= 0.6 is 0 Å². The Balaban J connectivity index is 2.43. The van der Waals surface area contributed by atoms with Crippen molar-refractivity contribution in [3.8, 4) is 0 Å². The summed E-state index contributed by atoms with van der Waals surface area (Å²) in [4.78, 5) is 0.223. The molecule has 1 aliphatic carbocycles. The number of aryl methyl sites for hydroxylation is 2. The van der Waals surface area contributed by atoms with E-state index in [0.29, 0.717) is 17.2 Å². The molecule has 1 aliphatic rings. The Morgan fingerprint density at radius 3 is 2.26 bits per heavy atom. The number of anilines is 1. The van der Waals surface area contributed by atoms with Crippen molar-refractivity contribution >= 4 is 15.7 Å². The molecule has 0 radical (unpaired) electrons. The Hall–Kier alpha value is -1.07. The molecule has 0 aliphatic heterocycles. The van der Waals surface area contributed by atoms with Crippen LogP contribution in [-0.4, -0.2) is 14.0 Å². The van der Waals surface area contributed by atoms with E-state index in [9.17, 15) is 8.42 Å². The van der Waals surface area contributed by atoms with Crippen molar-refractivity contribution in [3.63, 3.8) is 0 Å². The van der Waals surface area contributed by atoms with E-state index in [1.54, 1.807) is 13.0 Å². The molecule has 0 unspecified atom stereocenters. The molecule has 1 fully saturated rings. The number of hydrogen-bond donors (Lipinski definition) is 2. The monoisotopic (exact) mass is 282 g/mol. The van der Waals surface area contributed by atoms with Crippen molar-refractivity contribution in [2.24, 2.45) is 5.92 Å². The Bertz CT molecular complexity index is 602. The Morgan fingerprint density at radius 1 is 1.21 bits per heavy atom. The number of benzene rings is 1. The Kier molecular flexibility index (Phi) is 3.39. The minimum absolute atomic E-state index is 0.223. The maximum absolute atomic E-state index is 12.6. The molecule has 0 atom stereocenters. The zero-order chi connectivity index (χ0) is 14.4. The van der Waals surface area contributed by atoms with E-state index in [2.05, 4.69) is 4.72 Å². The summed E-state index contributed by atoms with van der Waals surface area (Å²) < 4.78 is 28.0. The van der Waals surface area contributed by atoms with Gasteiger partial charge in [0.25, 0.3) is 0 Å². The van der Waals surface area contributed by atoms with Crippen LogP contribution in [0.2, 0.25) is 0 Å². The summed E-state index contributed by atoms with van der Waals surface area (Å²) in [5.41, 5.74) is 7.36. The van der Waals surface area contributed by atoms with Crippen molar-refractivity contribution in [1.82, 2.24) is 4.72 Å². The van der Waals surface area contributed by atoms with Crippen LogP contribution in [0.5, 0.6) is 0 Å². The van der Waals surface area contributed by atoms with Crippen LogP contribution in [0.3, 0.4) is 0 Å². The fourth-order valence-corrected chi connectivity index (χ4v) is 4.35. The average molecular weight is 282 g/mol. The molecule has 3 N–H and O–H groups in total. The number of nitrogens with two attached hydrogens (primary N) is 1. The molecule has 0 bridgehead atoms. The predicted molar refractivity (Wildman–Crippen MR) is 77.5 cm³/mol. The van der Waals surface area contributed by atoms with Gasteiger partial charge in [0.15, 0.2) is 0 Å². The molecule has 2 rings (SSSR count). The van der Waals surface area contributed by atoms with Crippen molar-refractivity contribution in [2.45, 2.75) is 51.0 Å². The van der Waals surface area contributed by atoms with E-state index in [-0.39, 0.29) is 4.90 Å². The second-order valence-corrected chi connectivity index (χ2v) is 7.66. The summed E-state index contributed by atoms with van der Waals surface area (Å²) >= 11 is 0. The highest BCUT2D eigenvalue weighted by molar-refractivity contribution is 7.89. The van der Waals surface area contributed by atoms with Gasteiger partial charge in [0, 0.05) is 5.54 Å². The molecule has 5 heteroatoms. The van der Waals surface area contributed by atoms with Gasteiger partial charge < -0.3 is 5.73 Å². The van der Waals surface area contributed by atoms with Crippen LogP contribution in [-0.2, 0) is 10.0 Å². The molecular formula is C14H22N2O2S. The third-order valence-electron chi connectivity index (χ3n) is 3.88. The first-order valence-corrected chi connectivity index (χ1v) is 8.03. The molecule has 1 saturated carbocycles. The molecule has 0 heterocycles.